The van der Waals surface area contributed by atoms with Gasteiger partial charge in [-0.2, -0.15) is 0 Å². The Balaban J connectivity index is 2.42. The number of ether oxygens (including phenoxy) is 4. The fraction of sp³-hybridized carbons (Fsp3) is 0.892. The molecule has 1 heterocycles. The molecule has 10 nitrogen and oxygen atoms in total. The third-order valence-electron chi connectivity index (χ3n) is 8.65. The molecule has 276 valence electrons. The van der Waals surface area contributed by atoms with Crippen LogP contribution < -0.4 is 0 Å². The van der Waals surface area contributed by atoms with Gasteiger partial charge in [-0.25, -0.2) is 0 Å². The number of rotatable bonds is 30. The van der Waals surface area contributed by atoms with E-state index >= 15 is 0 Å². The molecule has 0 radical (unpaired) electrons. The Hall–Kier alpha value is -1.56. The summed E-state index contributed by atoms with van der Waals surface area (Å²) in [6.07, 6.45) is 19.4. The Labute approximate surface area is 284 Å². The molecule has 0 spiro atoms. The zero-order chi connectivity index (χ0) is 34.5. The largest absolute Gasteiger partial charge is 0.462 e. The van der Waals surface area contributed by atoms with Gasteiger partial charge in [0.1, 0.15) is 31.0 Å². The van der Waals surface area contributed by atoms with Crippen LogP contribution in [-0.4, -0.2) is 89.0 Å². The Morgan fingerprint density at radius 1 is 0.638 bits per heavy atom. The molecule has 0 aliphatic carbocycles. The van der Waals surface area contributed by atoms with Gasteiger partial charge in [0.2, 0.25) is 0 Å². The topological polar surface area (TPSA) is 152 Å². The molecule has 47 heavy (non-hydrogen) atoms. The van der Waals surface area contributed by atoms with Crippen molar-refractivity contribution in [2.75, 3.05) is 19.8 Å². The van der Waals surface area contributed by atoms with Crippen LogP contribution >= 0.6 is 0 Å². The molecular weight excluding hydrogens is 604 g/mol. The minimum Gasteiger partial charge on any atom is -0.462 e. The molecule has 1 fully saturated rings. The van der Waals surface area contributed by atoms with Crippen LogP contribution in [0.4, 0.5) is 0 Å². The molecule has 0 saturated carbocycles. The highest BCUT2D eigenvalue weighted by Crippen LogP contribution is 2.22. The number of aliphatic hydroxyl groups excluding tert-OH is 4. The molecular formula is C37H68O10. The fourth-order valence-corrected chi connectivity index (χ4v) is 5.59. The van der Waals surface area contributed by atoms with E-state index in [0.29, 0.717) is 6.42 Å². The average Bonchev–Trinajstić information content (AvgIpc) is 3.06. The lowest BCUT2D eigenvalue weighted by atomic mass is 9.99. The maximum Gasteiger partial charge on any atom is 0.306 e. The van der Waals surface area contributed by atoms with E-state index in [-0.39, 0.29) is 32.0 Å². The molecule has 1 aliphatic rings. The first-order valence-electron chi connectivity index (χ1n) is 18.8. The summed E-state index contributed by atoms with van der Waals surface area (Å²) in [6, 6.07) is 0. The van der Waals surface area contributed by atoms with Gasteiger partial charge in [-0.15, -0.1) is 0 Å². The molecule has 10 heteroatoms. The van der Waals surface area contributed by atoms with Gasteiger partial charge in [0, 0.05) is 12.8 Å². The number of esters is 2. The molecule has 2 unspecified atom stereocenters. The Bertz CT molecular complexity index is 789. The zero-order valence-electron chi connectivity index (χ0n) is 29.5. The second kappa shape index (κ2) is 29.4. The molecule has 1 aliphatic heterocycles. The number of carbonyl (C=O) groups excluding carboxylic acids is 2. The fourth-order valence-electron chi connectivity index (χ4n) is 5.59. The smallest absolute Gasteiger partial charge is 0.306 e. The van der Waals surface area contributed by atoms with Crippen LogP contribution in [0, 0.1) is 0 Å². The molecule has 0 aromatic rings. The summed E-state index contributed by atoms with van der Waals surface area (Å²) in [7, 11) is 0. The quantitative estimate of drug-likeness (QED) is 0.0381. The van der Waals surface area contributed by atoms with Crippen molar-refractivity contribution in [1.29, 1.82) is 0 Å². The SMILES string of the molecule is CCCCC/C=C/CCCCCCCC(=O)OC[C@@H](CO[C@H]1O[C@@H](CO)[C@@H](O)C(O)C1O)OC(=O)CCCCCCCCCCCC. The normalized spacial score (nSPS) is 22.0. The number of allylic oxidation sites excluding steroid dienone is 2. The van der Waals surface area contributed by atoms with E-state index in [2.05, 4.69) is 26.0 Å². The van der Waals surface area contributed by atoms with Crippen LogP contribution in [0.5, 0.6) is 0 Å². The first kappa shape index (κ1) is 43.5. The molecule has 0 aromatic heterocycles. The second-order valence-corrected chi connectivity index (χ2v) is 13.0. The summed E-state index contributed by atoms with van der Waals surface area (Å²) in [4.78, 5) is 25.1. The second-order valence-electron chi connectivity index (χ2n) is 13.0. The van der Waals surface area contributed by atoms with Crippen molar-refractivity contribution in [2.24, 2.45) is 0 Å². The zero-order valence-corrected chi connectivity index (χ0v) is 29.5. The Kier molecular flexibility index (Phi) is 27.2. The molecule has 0 bridgehead atoms. The average molecular weight is 673 g/mol. The number of hydrogen-bond acceptors (Lipinski definition) is 10. The van der Waals surface area contributed by atoms with Gasteiger partial charge >= 0.3 is 11.9 Å². The molecule has 4 N–H and O–H groups in total. The van der Waals surface area contributed by atoms with Gasteiger partial charge in [-0.3, -0.25) is 9.59 Å². The van der Waals surface area contributed by atoms with E-state index in [1.165, 1.54) is 57.8 Å². The molecule has 1 rings (SSSR count). The first-order chi connectivity index (χ1) is 22.8. The van der Waals surface area contributed by atoms with E-state index < -0.39 is 49.4 Å². The summed E-state index contributed by atoms with van der Waals surface area (Å²) in [5.41, 5.74) is 0. The lowest BCUT2D eigenvalue weighted by Crippen LogP contribution is -2.59. The third kappa shape index (κ3) is 21.9. The van der Waals surface area contributed by atoms with E-state index in [1.54, 1.807) is 0 Å². The monoisotopic (exact) mass is 672 g/mol. The van der Waals surface area contributed by atoms with Crippen molar-refractivity contribution < 1.29 is 49.0 Å². The van der Waals surface area contributed by atoms with Gasteiger partial charge in [0.25, 0.3) is 0 Å². The van der Waals surface area contributed by atoms with E-state index in [9.17, 15) is 30.0 Å². The van der Waals surface area contributed by atoms with Crippen molar-refractivity contribution in [3.8, 4) is 0 Å². The van der Waals surface area contributed by atoms with Crippen LogP contribution in [0.2, 0.25) is 0 Å². The van der Waals surface area contributed by atoms with Gasteiger partial charge in [-0.1, -0.05) is 116 Å². The first-order valence-corrected chi connectivity index (χ1v) is 18.8. The summed E-state index contributed by atoms with van der Waals surface area (Å²) < 4.78 is 22.0. The highest BCUT2D eigenvalue weighted by atomic mass is 16.7. The highest BCUT2D eigenvalue weighted by molar-refractivity contribution is 5.70. The van der Waals surface area contributed by atoms with Crippen LogP contribution in [0.15, 0.2) is 12.2 Å². The number of unbranched alkanes of at least 4 members (excludes halogenated alkanes) is 17. The highest BCUT2D eigenvalue weighted by Gasteiger charge is 2.44. The van der Waals surface area contributed by atoms with Crippen molar-refractivity contribution in [2.45, 2.75) is 192 Å². The van der Waals surface area contributed by atoms with Crippen LogP contribution in [0.1, 0.15) is 155 Å². The maximum absolute atomic E-state index is 12.6. The van der Waals surface area contributed by atoms with Crippen molar-refractivity contribution in [3.05, 3.63) is 12.2 Å². The lowest BCUT2D eigenvalue weighted by molar-refractivity contribution is -0.305. The van der Waals surface area contributed by atoms with Crippen molar-refractivity contribution in [1.82, 2.24) is 0 Å². The summed E-state index contributed by atoms with van der Waals surface area (Å²) in [5, 5.41) is 39.8. The lowest BCUT2D eigenvalue weighted by Gasteiger charge is -2.39. The van der Waals surface area contributed by atoms with Crippen molar-refractivity contribution >= 4 is 11.9 Å². The van der Waals surface area contributed by atoms with Crippen LogP contribution in [0.25, 0.3) is 0 Å². The van der Waals surface area contributed by atoms with Gasteiger partial charge in [0.15, 0.2) is 12.4 Å². The summed E-state index contributed by atoms with van der Waals surface area (Å²) >= 11 is 0. The predicted octanol–water partition coefficient (Wildman–Crippen LogP) is 6.44. The predicted molar refractivity (Wildman–Crippen MR) is 183 cm³/mol. The van der Waals surface area contributed by atoms with Gasteiger partial charge < -0.3 is 39.4 Å². The Morgan fingerprint density at radius 2 is 1.13 bits per heavy atom. The number of hydrogen-bond donors (Lipinski definition) is 4. The molecule has 0 amide bonds. The maximum atomic E-state index is 12.6. The van der Waals surface area contributed by atoms with Crippen LogP contribution in [0.3, 0.4) is 0 Å². The Morgan fingerprint density at radius 3 is 1.70 bits per heavy atom. The van der Waals surface area contributed by atoms with Crippen LogP contribution in [-0.2, 0) is 28.5 Å². The minimum atomic E-state index is -1.59. The molecule has 0 aromatic carbocycles. The standard InChI is InChI=1S/C37H68O10/c1-3-5-7-9-11-13-15-16-18-19-21-23-25-32(39)44-28-30(29-45-37-36(43)35(42)34(41)31(27-38)47-37)46-33(40)26-24-22-20-17-14-12-10-8-6-4-2/h11,13,30-31,34-38,41-43H,3-10,12,14-29H2,1-2H3/b13-11+/t30-,31-,34+,35?,36?,37-/m0/s1. The molecule has 6 atom stereocenters. The van der Waals surface area contributed by atoms with Gasteiger partial charge in [0.05, 0.1) is 13.2 Å². The van der Waals surface area contributed by atoms with Crippen molar-refractivity contribution in [3.63, 3.8) is 0 Å². The van der Waals surface area contributed by atoms with Gasteiger partial charge in [-0.05, 0) is 38.5 Å². The minimum absolute atomic E-state index is 0.218. The van der Waals surface area contributed by atoms with E-state index in [1.807, 2.05) is 0 Å². The number of aliphatic hydroxyl groups is 4. The third-order valence-corrected chi connectivity index (χ3v) is 8.65. The summed E-state index contributed by atoms with van der Waals surface area (Å²) in [6.45, 7) is 3.35. The summed E-state index contributed by atoms with van der Waals surface area (Å²) in [5.74, 6) is -0.817. The number of carbonyl (C=O) groups is 2. The van der Waals surface area contributed by atoms with E-state index in [4.69, 9.17) is 18.9 Å². The molecule has 1 saturated heterocycles. The van der Waals surface area contributed by atoms with E-state index in [0.717, 1.165) is 64.2 Å².